The van der Waals surface area contributed by atoms with Crippen molar-refractivity contribution >= 4 is 33.2 Å². The van der Waals surface area contributed by atoms with E-state index in [4.69, 9.17) is 0 Å². The van der Waals surface area contributed by atoms with Crippen LogP contribution in [0.25, 0.3) is 0 Å². The molecule has 7 nitrogen and oxygen atoms in total. The molecule has 1 saturated heterocycles. The molecule has 2 aliphatic rings. The molecule has 2 atom stereocenters. The molecule has 1 N–H and O–H groups in total. The van der Waals surface area contributed by atoms with Gasteiger partial charge in [0.25, 0.3) is 0 Å². The Bertz CT molecular complexity index is 1190. The average Bonchev–Trinajstić information content (AvgIpc) is 3.08. The van der Waals surface area contributed by atoms with Crippen LogP contribution in [-0.2, 0) is 26.0 Å². The Morgan fingerprint density at radius 3 is 2.42 bits per heavy atom. The lowest BCUT2D eigenvalue weighted by Crippen LogP contribution is -2.43. The molecule has 0 spiro atoms. The number of amides is 2. The highest BCUT2D eigenvalue weighted by molar-refractivity contribution is 7.89. The van der Waals surface area contributed by atoms with Gasteiger partial charge in [-0.15, -0.1) is 0 Å². The largest absolute Gasteiger partial charge is 0.326 e. The van der Waals surface area contributed by atoms with E-state index in [1.54, 1.807) is 23.1 Å². The molecule has 2 aromatic rings. The van der Waals surface area contributed by atoms with E-state index >= 15 is 0 Å². The maximum absolute atomic E-state index is 13.4. The van der Waals surface area contributed by atoms with Gasteiger partial charge in [-0.1, -0.05) is 6.07 Å². The van der Waals surface area contributed by atoms with Crippen molar-refractivity contribution in [3.8, 4) is 0 Å². The Kier molecular flexibility index (Phi) is 6.33. The number of nitrogens with zero attached hydrogens (tertiary/aromatic N) is 2. The van der Waals surface area contributed by atoms with Crippen LogP contribution >= 0.6 is 0 Å². The summed E-state index contributed by atoms with van der Waals surface area (Å²) in [6.07, 6.45) is 1.90. The van der Waals surface area contributed by atoms with Gasteiger partial charge in [-0.05, 0) is 87.1 Å². The monoisotopic (exact) mass is 469 g/mol. The number of aryl methyl sites for hydroxylation is 2. The number of rotatable bonds is 4. The first-order valence-corrected chi connectivity index (χ1v) is 12.8. The predicted molar refractivity (Wildman–Crippen MR) is 129 cm³/mol. The van der Waals surface area contributed by atoms with E-state index in [2.05, 4.69) is 5.32 Å². The first kappa shape index (κ1) is 23.4. The van der Waals surface area contributed by atoms with Crippen LogP contribution in [-0.4, -0.2) is 43.7 Å². The number of sulfonamides is 1. The Hall–Kier alpha value is -2.71. The molecule has 8 heteroatoms. The summed E-state index contributed by atoms with van der Waals surface area (Å²) in [5, 5.41) is 2.96. The van der Waals surface area contributed by atoms with E-state index < -0.39 is 15.9 Å². The van der Waals surface area contributed by atoms with Crippen molar-refractivity contribution in [1.29, 1.82) is 0 Å². The van der Waals surface area contributed by atoms with Crippen LogP contribution in [0, 0.1) is 19.8 Å². The number of fused-ring (bicyclic) bond motifs is 1. The fraction of sp³-hybridized carbons (Fsp3) is 0.440. The second-order valence-electron chi connectivity index (χ2n) is 9.30. The summed E-state index contributed by atoms with van der Waals surface area (Å²) in [7, 11) is -3.74. The van der Waals surface area contributed by atoms with E-state index in [1.165, 1.54) is 11.2 Å². The number of carbonyl (C=O) groups excluding carboxylic acids is 2. The van der Waals surface area contributed by atoms with Gasteiger partial charge in [0.2, 0.25) is 21.8 Å². The topological polar surface area (TPSA) is 86.8 Å². The first-order valence-electron chi connectivity index (χ1n) is 11.4. The smallest absolute Gasteiger partial charge is 0.243 e. The van der Waals surface area contributed by atoms with Gasteiger partial charge in [0, 0.05) is 37.4 Å². The van der Waals surface area contributed by atoms with Gasteiger partial charge in [-0.2, -0.15) is 4.31 Å². The van der Waals surface area contributed by atoms with Gasteiger partial charge in [-0.25, -0.2) is 8.42 Å². The number of benzene rings is 2. The van der Waals surface area contributed by atoms with E-state index in [0.717, 1.165) is 28.1 Å². The minimum absolute atomic E-state index is 0.00350. The van der Waals surface area contributed by atoms with Gasteiger partial charge >= 0.3 is 0 Å². The number of hydrogen-bond acceptors (Lipinski definition) is 4. The highest BCUT2D eigenvalue weighted by Crippen LogP contribution is 2.35. The maximum atomic E-state index is 13.4. The van der Waals surface area contributed by atoms with Gasteiger partial charge in [0.15, 0.2) is 0 Å². The lowest BCUT2D eigenvalue weighted by atomic mass is 9.98. The number of anilines is 2. The summed E-state index contributed by atoms with van der Waals surface area (Å²) < 4.78 is 28.2. The van der Waals surface area contributed by atoms with Gasteiger partial charge in [0.05, 0.1) is 10.8 Å². The Balaban J connectivity index is 1.51. The van der Waals surface area contributed by atoms with Gasteiger partial charge in [-0.3, -0.25) is 9.59 Å². The van der Waals surface area contributed by atoms with Crippen LogP contribution < -0.4 is 10.2 Å². The third-order valence-electron chi connectivity index (χ3n) is 6.49. The zero-order valence-corrected chi connectivity index (χ0v) is 20.4. The van der Waals surface area contributed by atoms with Crippen LogP contribution in [0.4, 0.5) is 11.4 Å². The number of nitrogens with one attached hydrogen (secondary N) is 1. The van der Waals surface area contributed by atoms with Crippen LogP contribution in [0.5, 0.6) is 0 Å². The molecule has 0 aromatic heterocycles. The standard InChI is InChI=1S/C25H31N3O4S/c1-16-10-17(2)12-22(11-16)26-25(30)20-6-5-9-27(15-20)33(31,32)23-7-8-24-21(14-23)13-18(3)28(24)19(4)29/h7-8,10-12,14,18,20H,5-6,9,13,15H2,1-4H3,(H,26,30)/t18-,20+/m1/s1. The van der Waals surface area contributed by atoms with Crippen LogP contribution in [0.2, 0.25) is 0 Å². The predicted octanol–water partition coefficient (Wildman–Crippen LogP) is 3.64. The molecule has 0 radical (unpaired) electrons. The highest BCUT2D eigenvalue weighted by atomic mass is 32.2. The molecule has 4 rings (SSSR count). The van der Waals surface area contributed by atoms with Crippen LogP contribution in [0.15, 0.2) is 41.3 Å². The lowest BCUT2D eigenvalue weighted by Gasteiger charge is -2.31. The normalized spacial score (nSPS) is 21.0. The van der Waals surface area contributed by atoms with E-state index in [-0.39, 0.29) is 29.3 Å². The maximum Gasteiger partial charge on any atom is 0.243 e. The third-order valence-corrected chi connectivity index (χ3v) is 8.35. The second-order valence-corrected chi connectivity index (χ2v) is 11.2. The third kappa shape index (κ3) is 4.68. The zero-order chi connectivity index (χ0) is 23.9. The molecule has 0 aliphatic carbocycles. The van der Waals surface area contributed by atoms with Crippen molar-refractivity contribution in [2.45, 2.75) is 57.9 Å². The molecule has 2 heterocycles. The van der Waals surface area contributed by atoms with Gasteiger partial charge < -0.3 is 10.2 Å². The lowest BCUT2D eigenvalue weighted by molar-refractivity contribution is -0.121. The molecule has 176 valence electrons. The van der Waals surface area contributed by atoms with Crippen molar-refractivity contribution in [1.82, 2.24) is 4.31 Å². The van der Waals surface area contributed by atoms with Crippen LogP contribution in [0.1, 0.15) is 43.4 Å². The summed E-state index contributed by atoms with van der Waals surface area (Å²) in [4.78, 5) is 26.8. The SMILES string of the molecule is CC(=O)N1c2ccc(S(=O)(=O)N3CCC[C@H](C(=O)Nc4cc(C)cc(C)c4)C3)cc2C[C@H]1C. The quantitative estimate of drug-likeness (QED) is 0.741. The second kappa shape index (κ2) is 8.91. The van der Waals surface area contributed by atoms with Crippen molar-refractivity contribution in [3.05, 3.63) is 53.1 Å². The van der Waals surface area contributed by atoms with E-state index in [1.807, 2.05) is 39.0 Å². The zero-order valence-electron chi connectivity index (χ0n) is 19.6. The summed E-state index contributed by atoms with van der Waals surface area (Å²) in [6, 6.07) is 10.9. The number of hydrogen-bond donors (Lipinski definition) is 1. The summed E-state index contributed by atoms with van der Waals surface area (Å²) in [5.74, 6) is -0.609. The minimum atomic E-state index is -3.74. The molecule has 1 fully saturated rings. The fourth-order valence-electron chi connectivity index (χ4n) is 5.06. The Morgan fingerprint density at radius 1 is 1.06 bits per heavy atom. The Labute approximate surface area is 195 Å². The van der Waals surface area contributed by atoms with Crippen molar-refractivity contribution in [2.75, 3.05) is 23.3 Å². The number of carbonyl (C=O) groups is 2. The summed E-state index contributed by atoms with van der Waals surface area (Å²) in [6.45, 7) is 7.98. The van der Waals surface area contributed by atoms with E-state index in [9.17, 15) is 18.0 Å². The molecule has 0 unspecified atom stereocenters. The van der Waals surface area contributed by atoms with Crippen molar-refractivity contribution < 1.29 is 18.0 Å². The van der Waals surface area contributed by atoms with Gasteiger partial charge in [0.1, 0.15) is 0 Å². The fourth-order valence-corrected chi connectivity index (χ4v) is 6.64. The molecule has 0 bridgehead atoms. The molecule has 0 saturated carbocycles. The summed E-state index contributed by atoms with van der Waals surface area (Å²) in [5.41, 5.74) is 4.50. The molecule has 2 aromatic carbocycles. The molecule has 33 heavy (non-hydrogen) atoms. The Morgan fingerprint density at radius 2 is 1.76 bits per heavy atom. The highest BCUT2D eigenvalue weighted by Gasteiger charge is 2.35. The average molecular weight is 470 g/mol. The molecule has 2 amide bonds. The van der Waals surface area contributed by atoms with E-state index in [0.29, 0.717) is 25.8 Å². The number of piperidine rings is 1. The minimum Gasteiger partial charge on any atom is -0.326 e. The molecular formula is C25H31N3O4S. The van der Waals surface area contributed by atoms with Crippen molar-refractivity contribution in [2.24, 2.45) is 5.92 Å². The van der Waals surface area contributed by atoms with Crippen molar-refractivity contribution in [3.63, 3.8) is 0 Å². The summed E-state index contributed by atoms with van der Waals surface area (Å²) >= 11 is 0. The first-order chi connectivity index (χ1) is 15.6. The molecular weight excluding hydrogens is 438 g/mol. The van der Waals surface area contributed by atoms with Crippen LogP contribution in [0.3, 0.4) is 0 Å². The molecule has 2 aliphatic heterocycles.